The minimum absolute atomic E-state index is 1.09. The number of nitrogens with one attached hydrogen (secondary N) is 1. The van der Waals surface area contributed by atoms with Gasteiger partial charge in [0.25, 0.3) is 0 Å². The smallest absolute Gasteiger partial charge is 0.105 e. The topological polar surface area (TPSA) is 28.7 Å². The van der Waals surface area contributed by atoms with Crippen LogP contribution >= 0.6 is 0 Å². The second-order valence-electron chi connectivity index (χ2n) is 5.14. The molecule has 0 amide bonds. The maximum absolute atomic E-state index is 4.24. The van der Waals surface area contributed by atoms with Crippen molar-refractivity contribution in [3.8, 4) is 0 Å². The van der Waals surface area contributed by atoms with E-state index in [1.807, 2.05) is 12.4 Å². The first-order valence-corrected chi connectivity index (χ1v) is 7.47. The lowest BCUT2D eigenvalue weighted by molar-refractivity contribution is 0.589. The normalized spacial score (nSPS) is 10.7. The van der Waals surface area contributed by atoms with Crippen LogP contribution in [0.1, 0.15) is 49.9 Å². The fourth-order valence-corrected chi connectivity index (χ4v) is 2.41. The van der Waals surface area contributed by atoms with Crippen molar-refractivity contribution < 1.29 is 0 Å². The van der Waals surface area contributed by atoms with Crippen molar-refractivity contribution in [2.24, 2.45) is 0 Å². The molecule has 1 N–H and O–H groups in total. The summed E-state index contributed by atoms with van der Waals surface area (Å²) in [5.41, 5.74) is 1.47. The van der Waals surface area contributed by atoms with Crippen molar-refractivity contribution in [1.29, 1.82) is 0 Å². The highest BCUT2D eigenvalue weighted by Crippen LogP contribution is 2.10. The highest BCUT2D eigenvalue weighted by molar-refractivity contribution is 5.14. The molecule has 2 nitrogen and oxygen atoms in total. The molecule has 0 aliphatic carbocycles. The van der Waals surface area contributed by atoms with E-state index in [0.29, 0.717) is 0 Å². The molecule has 0 aliphatic heterocycles. The van der Waals surface area contributed by atoms with Crippen molar-refractivity contribution in [2.75, 3.05) is 0 Å². The summed E-state index contributed by atoms with van der Waals surface area (Å²) in [7, 11) is 0. The van der Waals surface area contributed by atoms with Crippen molar-refractivity contribution >= 4 is 0 Å². The number of rotatable bonds is 9. The summed E-state index contributed by atoms with van der Waals surface area (Å²) in [4.78, 5) is 7.40. The number of aromatic amines is 1. The monoisotopic (exact) mass is 256 g/mol. The Morgan fingerprint density at radius 1 is 0.789 bits per heavy atom. The molecular formula is C17H24N2. The van der Waals surface area contributed by atoms with Gasteiger partial charge in [-0.15, -0.1) is 0 Å². The average Bonchev–Trinajstić information content (AvgIpc) is 2.96. The van der Waals surface area contributed by atoms with E-state index < -0.39 is 0 Å². The molecular weight excluding hydrogens is 232 g/mol. The predicted molar refractivity (Wildman–Crippen MR) is 80.1 cm³/mol. The van der Waals surface area contributed by atoms with Crippen molar-refractivity contribution in [1.82, 2.24) is 9.97 Å². The highest BCUT2D eigenvalue weighted by Gasteiger charge is 1.96. The van der Waals surface area contributed by atoms with Crippen LogP contribution in [0.25, 0.3) is 0 Å². The zero-order valence-corrected chi connectivity index (χ0v) is 11.6. The van der Waals surface area contributed by atoms with Crippen molar-refractivity contribution in [2.45, 2.75) is 51.4 Å². The Bertz CT molecular complexity index is 420. The molecule has 0 unspecified atom stereocenters. The minimum Gasteiger partial charge on any atom is -0.349 e. The summed E-state index contributed by atoms with van der Waals surface area (Å²) >= 11 is 0. The predicted octanol–water partition coefficient (Wildman–Crippen LogP) is 4.54. The largest absolute Gasteiger partial charge is 0.349 e. The van der Waals surface area contributed by atoms with E-state index in [1.54, 1.807) is 0 Å². The van der Waals surface area contributed by atoms with Gasteiger partial charge in [0.1, 0.15) is 5.82 Å². The lowest BCUT2D eigenvalue weighted by Gasteiger charge is -2.02. The maximum Gasteiger partial charge on any atom is 0.105 e. The third-order valence-corrected chi connectivity index (χ3v) is 3.53. The molecule has 0 fully saturated rings. The van der Waals surface area contributed by atoms with Crippen LogP contribution in [0.3, 0.4) is 0 Å². The minimum atomic E-state index is 1.09. The average molecular weight is 256 g/mol. The van der Waals surface area contributed by atoms with Crippen LogP contribution in [-0.4, -0.2) is 9.97 Å². The zero-order chi connectivity index (χ0) is 13.2. The second-order valence-corrected chi connectivity index (χ2v) is 5.14. The first-order valence-electron chi connectivity index (χ1n) is 7.47. The fourth-order valence-electron chi connectivity index (χ4n) is 2.41. The van der Waals surface area contributed by atoms with E-state index in [-0.39, 0.29) is 0 Å². The number of unbranched alkanes of at least 4 members (excludes halogenated alkanes) is 5. The summed E-state index contributed by atoms with van der Waals surface area (Å²) in [5.74, 6) is 1.13. The Labute approximate surface area is 116 Å². The van der Waals surface area contributed by atoms with Gasteiger partial charge in [-0.2, -0.15) is 0 Å². The summed E-state index contributed by atoms with van der Waals surface area (Å²) in [5, 5.41) is 0. The third kappa shape index (κ3) is 5.73. The molecule has 0 saturated heterocycles. The molecule has 102 valence electrons. The van der Waals surface area contributed by atoms with Crippen LogP contribution < -0.4 is 0 Å². The summed E-state index contributed by atoms with van der Waals surface area (Å²) in [6.45, 7) is 0. The van der Waals surface area contributed by atoms with Gasteiger partial charge >= 0.3 is 0 Å². The molecule has 1 aromatic heterocycles. The molecule has 1 heterocycles. The molecule has 0 spiro atoms. The van der Waals surface area contributed by atoms with Gasteiger partial charge in [-0.25, -0.2) is 4.98 Å². The summed E-state index contributed by atoms with van der Waals surface area (Å²) in [6.07, 6.45) is 14.0. The Morgan fingerprint density at radius 3 is 2.16 bits per heavy atom. The summed E-state index contributed by atoms with van der Waals surface area (Å²) in [6, 6.07) is 10.8. The van der Waals surface area contributed by atoms with Gasteiger partial charge in [-0.05, 0) is 24.8 Å². The van der Waals surface area contributed by atoms with Gasteiger partial charge in [0.15, 0.2) is 0 Å². The zero-order valence-electron chi connectivity index (χ0n) is 11.6. The van der Waals surface area contributed by atoms with Crippen LogP contribution in [0, 0.1) is 0 Å². The van der Waals surface area contributed by atoms with Crippen LogP contribution in [0.15, 0.2) is 42.7 Å². The van der Waals surface area contributed by atoms with Crippen LogP contribution in [0.4, 0.5) is 0 Å². The standard InChI is InChI=1S/C17H24N2/c1(2-4-9-13-17-18-14-15-19-17)3-6-10-16-11-7-5-8-12-16/h5,7-8,11-12,14-15H,1-4,6,9-10,13H2,(H,18,19). The van der Waals surface area contributed by atoms with E-state index in [2.05, 4.69) is 40.3 Å². The Balaban J connectivity index is 1.42. The number of aromatic nitrogens is 2. The number of hydrogen-bond donors (Lipinski definition) is 1. The van der Waals surface area contributed by atoms with Gasteiger partial charge in [-0.1, -0.05) is 56.0 Å². The molecule has 2 rings (SSSR count). The van der Waals surface area contributed by atoms with E-state index in [0.717, 1.165) is 12.2 Å². The van der Waals surface area contributed by atoms with Crippen molar-refractivity contribution in [3.63, 3.8) is 0 Å². The highest BCUT2D eigenvalue weighted by atomic mass is 14.9. The quantitative estimate of drug-likeness (QED) is 0.656. The SMILES string of the molecule is c1ccc(CCCCCCCCc2ncc[nH]2)cc1. The number of H-pyrrole nitrogens is 1. The fraction of sp³-hybridized carbons (Fsp3) is 0.471. The molecule has 1 aromatic carbocycles. The summed E-state index contributed by atoms with van der Waals surface area (Å²) < 4.78 is 0. The van der Waals surface area contributed by atoms with Gasteiger partial charge < -0.3 is 4.98 Å². The second kappa shape index (κ2) is 8.52. The maximum atomic E-state index is 4.24. The van der Waals surface area contributed by atoms with E-state index in [1.165, 1.54) is 50.5 Å². The van der Waals surface area contributed by atoms with Gasteiger partial charge in [0, 0.05) is 18.8 Å². The molecule has 0 saturated carbocycles. The molecule has 0 atom stereocenters. The van der Waals surface area contributed by atoms with Crippen molar-refractivity contribution in [3.05, 3.63) is 54.1 Å². The Kier molecular flexibility index (Phi) is 6.21. The Hall–Kier alpha value is -1.57. The van der Waals surface area contributed by atoms with E-state index in [4.69, 9.17) is 0 Å². The van der Waals surface area contributed by atoms with Crippen LogP contribution in [0.2, 0.25) is 0 Å². The number of benzene rings is 1. The number of aryl methyl sites for hydroxylation is 2. The lowest BCUT2D eigenvalue weighted by Crippen LogP contribution is -1.89. The van der Waals surface area contributed by atoms with Crippen LogP contribution in [-0.2, 0) is 12.8 Å². The number of imidazole rings is 1. The van der Waals surface area contributed by atoms with Gasteiger partial charge in [0.2, 0.25) is 0 Å². The first kappa shape index (κ1) is 13.9. The number of hydrogen-bond acceptors (Lipinski definition) is 1. The molecule has 0 bridgehead atoms. The third-order valence-electron chi connectivity index (χ3n) is 3.53. The molecule has 19 heavy (non-hydrogen) atoms. The number of nitrogens with zero attached hydrogens (tertiary/aromatic N) is 1. The van der Waals surface area contributed by atoms with E-state index >= 15 is 0 Å². The molecule has 2 heteroatoms. The van der Waals surface area contributed by atoms with Gasteiger partial charge in [0.05, 0.1) is 0 Å². The van der Waals surface area contributed by atoms with Crippen LogP contribution in [0.5, 0.6) is 0 Å². The van der Waals surface area contributed by atoms with Gasteiger partial charge in [-0.3, -0.25) is 0 Å². The van der Waals surface area contributed by atoms with E-state index in [9.17, 15) is 0 Å². The first-order chi connectivity index (χ1) is 9.45. The molecule has 0 aliphatic rings. The lowest BCUT2D eigenvalue weighted by atomic mass is 10.0. The molecule has 0 radical (unpaired) electrons. The Morgan fingerprint density at radius 2 is 1.47 bits per heavy atom. The molecule has 2 aromatic rings.